The Morgan fingerprint density at radius 1 is 0.576 bits per heavy atom. The van der Waals surface area contributed by atoms with Crippen molar-refractivity contribution < 1.29 is 95.6 Å². The van der Waals surface area contributed by atoms with E-state index < -0.39 is 140 Å². The average molecular weight is 839 g/mol. The van der Waals surface area contributed by atoms with Gasteiger partial charge in [0.25, 0.3) is 0 Å². The molecule has 0 fully saturated rings. The number of hydrogen-bond donors (Lipinski definition) is 15. The van der Waals surface area contributed by atoms with Crippen LogP contribution in [0.5, 0.6) is 86.2 Å². The van der Waals surface area contributed by atoms with Crippen molar-refractivity contribution in [2.75, 3.05) is 12.4 Å². The van der Waals surface area contributed by atoms with Gasteiger partial charge in [-0.15, -0.1) is 11.8 Å². The summed E-state index contributed by atoms with van der Waals surface area (Å²) in [5.74, 6) is -15.0. The minimum atomic E-state index is -1.94. The molecule has 2 aliphatic heterocycles. The molecule has 15 N–H and O–H groups in total. The van der Waals surface area contributed by atoms with Gasteiger partial charge in [-0.2, -0.15) is 0 Å². The van der Waals surface area contributed by atoms with Crippen molar-refractivity contribution >= 4 is 17.7 Å². The van der Waals surface area contributed by atoms with Gasteiger partial charge in [0, 0.05) is 46.2 Å². The molecule has 0 aromatic heterocycles. The van der Waals surface area contributed by atoms with Gasteiger partial charge >= 0.3 is 5.97 Å². The summed E-state index contributed by atoms with van der Waals surface area (Å²) in [7, 11) is 0. The molecule has 2 aliphatic rings. The van der Waals surface area contributed by atoms with Crippen LogP contribution in [0.1, 0.15) is 61.6 Å². The van der Waals surface area contributed by atoms with E-state index in [0.717, 1.165) is 66.4 Å². The van der Waals surface area contributed by atoms with Gasteiger partial charge in [0.1, 0.15) is 40.6 Å². The number of hydrogen-bond acceptors (Lipinski definition) is 20. The Balaban J connectivity index is 1.53. The molecule has 20 heteroatoms. The Hall–Kier alpha value is -7.16. The highest BCUT2D eigenvalue weighted by Crippen LogP contribution is 2.61. The number of aliphatic hydroxyl groups excluding tert-OH is 2. The van der Waals surface area contributed by atoms with E-state index in [9.17, 15) is 81.4 Å². The molecular weight excluding hydrogens is 804 g/mol. The Kier molecular flexibility index (Phi) is 10.2. The molecule has 0 bridgehead atoms. The van der Waals surface area contributed by atoms with Crippen molar-refractivity contribution in [3.63, 3.8) is 0 Å². The highest BCUT2D eigenvalue weighted by atomic mass is 32.2. The van der Waals surface area contributed by atoms with Gasteiger partial charge in [-0.3, -0.25) is 0 Å². The molecule has 310 valence electrons. The highest BCUT2D eigenvalue weighted by molar-refractivity contribution is 7.99. The predicted molar refractivity (Wildman–Crippen MR) is 200 cm³/mol. The number of ether oxygens (including phenoxy) is 3. The number of fused-ring (bicyclic) bond motifs is 2. The fourth-order valence-corrected chi connectivity index (χ4v) is 8.35. The number of esters is 1. The minimum Gasteiger partial charge on any atom is -0.508 e. The maximum absolute atomic E-state index is 14.0. The number of benzene rings is 5. The summed E-state index contributed by atoms with van der Waals surface area (Å²) in [5.41, 5.74) is -1.92. The van der Waals surface area contributed by atoms with E-state index in [1.165, 1.54) is 0 Å². The summed E-state index contributed by atoms with van der Waals surface area (Å²) < 4.78 is 18.5. The average Bonchev–Trinajstić information content (AvgIpc) is 3.17. The van der Waals surface area contributed by atoms with E-state index in [2.05, 4.69) is 0 Å². The summed E-state index contributed by atoms with van der Waals surface area (Å²) in [6, 6.07) is 7.90. The quantitative estimate of drug-likeness (QED) is 0.0783. The number of phenols is 13. The molecule has 6 atom stereocenters. The highest BCUT2D eigenvalue weighted by Gasteiger charge is 2.51. The lowest BCUT2D eigenvalue weighted by atomic mass is 9.77. The van der Waals surface area contributed by atoms with Crippen LogP contribution < -0.4 is 9.47 Å². The number of phenolic OH excluding ortho intramolecular Hbond substituents is 13. The molecule has 5 aromatic carbocycles. The zero-order valence-corrected chi connectivity index (χ0v) is 30.6. The van der Waals surface area contributed by atoms with Gasteiger partial charge in [0.2, 0.25) is 0 Å². The van der Waals surface area contributed by atoms with Gasteiger partial charge in [0.05, 0.1) is 28.9 Å². The first-order valence-electron chi connectivity index (χ1n) is 17.3. The van der Waals surface area contributed by atoms with Crippen molar-refractivity contribution in [2.45, 2.75) is 35.6 Å². The smallest absolute Gasteiger partial charge is 0.338 e. The van der Waals surface area contributed by atoms with Crippen LogP contribution in [-0.4, -0.2) is 107 Å². The normalized spacial score (nSPS) is 20.8. The molecule has 5 aromatic rings. The zero-order valence-electron chi connectivity index (χ0n) is 29.8. The van der Waals surface area contributed by atoms with Gasteiger partial charge in [-0.1, -0.05) is 0 Å². The van der Waals surface area contributed by atoms with Crippen molar-refractivity contribution in [1.29, 1.82) is 0 Å². The molecule has 0 aliphatic carbocycles. The molecule has 0 radical (unpaired) electrons. The Morgan fingerprint density at radius 2 is 1.07 bits per heavy atom. The lowest BCUT2D eigenvalue weighted by Gasteiger charge is -2.43. The van der Waals surface area contributed by atoms with Crippen molar-refractivity contribution in [3.05, 3.63) is 88.0 Å². The van der Waals surface area contributed by atoms with Crippen molar-refractivity contribution in [2.24, 2.45) is 0 Å². The van der Waals surface area contributed by atoms with Crippen LogP contribution in [0.3, 0.4) is 0 Å². The van der Waals surface area contributed by atoms with E-state index in [-0.39, 0.29) is 33.8 Å². The molecule has 0 amide bonds. The zero-order chi connectivity index (χ0) is 42.8. The fourth-order valence-electron chi connectivity index (χ4n) is 7.26. The summed E-state index contributed by atoms with van der Waals surface area (Å²) in [4.78, 5) is 14.0. The van der Waals surface area contributed by atoms with Crippen LogP contribution >= 0.6 is 11.8 Å². The number of thioether (sulfide) groups is 1. The molecule has 0 saturated heterocycles. The number of rotatable bonds is 8. The molecule has 59 heavy (non-hydrogen) atoms. The van der Waals surface area contributed by atoms with E-state index in [0.29, 0.717) is 0 Å². The van der Waals surface area contributed by atoms with Gasteiger partial charge in [-0.25, -0.2) is 4.79 Å². The van der Waals surface area contributed by atoms with Crippen molar-refractivity contribution in [1.82, 2.24) is 0 Å². The van der Waals surface area contributed by atoms with Gasteiger partial charge in [0.15, 0.2) is 70.1 Å². The fraction of sp³-hybridized carbons (Fsp3) is 0.205. The van der Waals surface area contributed by atoms with Crippen LogP contribution in [-0.2, 0) is 4.74 Å². The molecule has 7 rings (SSSR count). The summed E-state index contributed by atoms with van der Waals surface area (Å²) in [5, 5.41) is 158. The third-order valence-corrected chi connectivity index (χ3v) is 11.1. The van der Waals surface area contributed by atoms with Gasteiger partial charge in [-0.05, 0) is 36.4 Å². The van der Waals surface area contributed by atoms with Gasteiger partial charge < -0.3 is 90.8 Å². The van der Waals surface area contributed by atoms with Crippen molar-refractivity contribution in [3.8, 4) is 86.2 Å². The Labute approximate surface area is 334 Å². The number of carbonyl (C=O) groups excluding carboxylic acids is 1. The SMILES string of the molecule is O=C(OC1C(c2cc(O)c(O)c(O)c2)Oc2cc(O)cc(O)c2C1c1c(O)cc(O)c2c1OC(c1cc(O)c(O)c(O)c1)C(O)C2SCCO)c1cc(O)c(O)c(O)c1. The third kappa shape index (κ3) is 6.87. The van der Waals surface area contributed by atoms with E-state index in [1.54, 1.807) is 0 Å². The van der Waals surface area contributed by atoms with E-state index in [4.69, 9.17) is 14.2 Å². The first-order chi connectivity index (χ1) is 27.9. The third-order valence-electron chi connectivity index (χ3n) is 9.85. The molecule has 0 spiro atoms. The van der Waals surface area contributed by atoms with Crippen LogP contribution in [0, 0.1) is 0 Å². The summed E-state index contributed by atoms with van der Waals surface area (Å²) >= 11 is 0.903. The maximum Gasteiger partial charge on any atom is 0.338 e. The van der Waals surface area contributed by atoms with E-state index >= 15 is 0 Å². The molecule has 19 nitrogen and oxygen atoms in total. The molecular formula is C39H34O19S. The monoisotopic (exact) mass is 838 g/mol. The first-order valence-corrected chi connectivity index (χ1v) is 18.3. The first kappa shape index (κ1) is 40.1. The van der Waals surface area contributed by atoms with Crippen LogP contribution in [0.2, 0.25) is 0 Å². The Bertz CT molecular complexity index is 2440. The van der Waals surface area contributed by atoms with Crippen LogP contribution in [0.15, 0.2) is 54.6 Å². The van der Waals surface area contributed by atoms with Crippen LogP contribution in [0.25, 0.3) is 0 Å². The second kappa shape index (κ2) is 15.0. The summed E-state index contributed by atoms with van der Waals surface area (Å²) in [6.45, 7) is -0.430. The molecule has 6 unspecified atom stereocenters. The topological polar surface area (TPSA) is 348 Å². The standard InChI is InChI=1S/C39H34O19S/c40-1-2-59-38-28-18(44)11-17(43)27(36(28)57-34(33(38)54)12-3-19(45)30(51)20(46)4-12)29-26-16(42)9-15(41)10-25(26)56-35(13-5-21(47)31(52)22(48)6-13)37(29)58-39(55)14-7-23(49)32(53)24(50)8-14/h3-11,29,33-35,37-38,40-54H,1-2H2. The number of carbonyl (C=O) groups is 1. The predicted octanol–water partition coefficient (Wildman–Crippen LogP) is 3.61. The lowest BCUT2D eigenvalue weighted by Crippen LogP contribution is -2.40. The minimum absolute atomic E-state index is 0.0573. The van der Waals surface area contributed by atoms with E-state index in [1.807, 2.05) is 0 Å². The number of aliphatic hydroxyl groups is 2. The second-order valence-electron chi connectivity index (χ2n) is 13.6. The maximum atomic E-state index is 14.0. The Morgan fingerprint density at radius 3 is 1.61 bits per heavy atom. The number of aromatic hydroxyl groups is 13. The largest absolute Gasteiger partial charge is 0.508 e. The lowest BCUT2D eigenvalue weighted by molar-refractivity contribution is -0.0286. The molecule has 0 saturated carbocycles. The second-order valence-corrected chi connectivity index (χ2v) is 14.8. The van der Waals surface area contributed by atoms with Crippen LogP contribution in [0.4, 0.5) is 0 Å². The molecule has 2 heterocycles. The summed E-state index contributed by atoms with van der Waals surface area (Å²) in [6.07, 6.45) is -6.98.